The summed E-state index contributed by atoms with van der Waals surface area (Å²) >= 11 is 0. The lowest BCUT2D eigenvalue weighted by Gasteiger charge is -2.09. The molecule has 0 saturated carbocycles. The van der Waals surface area contributed by atoms with E-state index in [9.17, 15) is 4.79 Å². The number of rotatable bonds is 3. The van der Waals surface area contributed by atoms with E-state index in [0.717, 1.165) is 24.1 Å². The molecule has 3 N–H and O–H groups in total. The summed E-state index contributed by atoms with van der Waals surface area (Å²) in [5, 5.41) is 2.92. The minimum Gasteiger partial charge on any atom is -0.330 e. The third kappa shape index (κ3) is 2.02. The molecule has 0 spiro atoms. The first-order valence-corrected chi connectivity index (χ1v) is 5.33. The summed E-state index contributed by atoms with van der Waals surface area (Å²) < 4.78 is 0. The number of hydrogen-bond acceptors (Lipinski definition) is 2. The summed E-state index contributed by atoms with van der Waals surface area (Å²) in [6.45, 7) is 2.76. The molecule has 1 aliphatic heterocycles. The summed E-state index contributed by atoms with van der Waals surface area (Å²) in [7, 11) is 0. The van der Waals surface area contributed by atoms with Crippen LogP contribution < -0.4 is 11.1 Å². The van der Waals surface area contributed by atoms with Gasteiger partial charge in [0.05, 0.1) is 6.42 Å². The smallest absolute Gasteiger partial charge is 0.228 e. The van der Waals surface area contributed by atoms with E-state index in [-0.39, 0.29) is 5.91 Å². The average Bonchev–Trinajstić information content (AvgIpc) is 2.54. The van der Waals surface area contributed by atoms with E-state index in [1.807, 2.05) is 0 Å². The number of aryl methyl sites for hydroxylation is 2. The van der Waals surface area contributed by atoms with Gasteiger partial charge in [0, 0.05) is 5.69 Å². The third-order valence-corrected chi connectivity index (χ3v) is 2.71. The molecule has 1 aliphatic rings. The number of carbonyl (C=O) groups excluding carboxylic acids is 1. The number of benzene rings is 1. The van der Waals surface area contributed by atoms with Gasteiger partial charge in [-0.2, -0.15) is 0 Å². The van der Waals surface area contributed by atoms with E-state index < -0.39 is 0 Å². The number of anilines is 1. The molecule has 0 aliphatic carbocycles. The number of hydrogen-bond donors (Lipinski definition) is 2. The largest absolute Gasteiger partial charge is 0.330 e. The first kappa shape index (κ1) is 10.2. The number of fused-ring (bicyclic) bond motifs is 1. The van der Waals surface area contributed by atoms with Gasteiger partial charge in [-0.05, 0) is 37.4 Å². The maximum Gasteiger partial charge on any atom is 0.228 e. The number of nitrogens with one attached hydrogen (secondary N) is 1. The summed E-state index contributed by atoms with van der Waals surface area (Å²) in [5.74, 6) is 0.101. The van der Waals surface area contributed by atoms with Gasteiger partial charge in [0.15, 0.2) is 0 Å². The zero-order valence-corrected chi connectivity index (χ0v) is 8.97. The van der Waals surface area contributed by atoms with Gasteiger partial charge in [-0.1, -0.05) is 17.7 Å². The SMILES string of the molecule is Cc1cc(CCCN)c2c(c1)CC(=O)N2. The predicted octanol–water partition coefficient (Wildman–Crippen LogP) is 1.38. The highest BCUT2D eigenvalue weighted by Gasteiger charge is 2.20. The Kier molecular flexibility index (Phi) is 2.73. The molecule has 3 nitrogen and oxygen atoms in total. The highest BCUT2D eigenvalue weighted by molar-refractivity contribution is 6.00. The second-order valence-corrected chi connectivity index (χ2v) is 4.08. The molecule has 0 saturated heterocycles. The van der Waals surface area contributed by atoms with E-state index in [1.54, 1.807) is 0 Å². The first-order valence-electron chi connectivity index (χ1n) is 5.33. The van der Waals surface area contributed by atoms with Crippen LogP contribution in [0.15, 0.2) is 12.1 Å². The highest BCUT2D eigenvalue weighted by Crippen LogP contribution is 2.29. The molecule has 0 radical (unpaired) electrons. The van der Waals surface area contributed by atoms with E-state index in [2.05, 4.69) is 24.4 Å². The van der Waals surface area contributed by atoms with Crippen LogP contribution in [-0.2, 0) is 17.6 Å². The predicted molar refractivity (Wildman–Crippen MR) is 60.9 cm³/mol. The maximum absolute atomic E-state index is 11.3. The monoisotopic (exact) mass is 204 g/mol. The minimum atomic E-state index is 0.101. The zero-order valence-electron chi connectivity index (χ0n) is 8.97. The molecule has 1 amide bonds. The molecule has 0 atom stereocenters. The topological polar surface area (TPSA) is 55.1 Å². The first-order chi connectivity index (χ1) is 7.20. The Morgan fingerprint density at radius 1 is 1.47 bits per heavy atom. The summed E-state index contributed by atoms with van der Waals surface area (Å²) in [6.07, 6.45) is 2.43. The van der Waals surface area contributed by atoms with Crippen molar-refractivity contribution in [2.45, 2.75) is 26.2 Å². The van der Waals surface area contributed by atoms with Crippen LogP contribution in [0.2, 0.25) is 0 Å². The van der Waals surface area contributed by atoms with Gasteiger partial charge in [-0.15, -0.1) is 0 Å². The fourth-order valence-electron chi connectivity index (χ4n) is 2.09. The van der Waals surface area contributed by atoms with Crippen molar-refractivity contribution in [1.29, 1.82) is 0 Å². The van der Waals surface area contributed by atoms with Crippen molar-refractivity contribution in [2.75, 3.05) is 11.9 Å². The summed E-state index contributed by atoms with van der Waals surface area (Å²) in [4.78, 5) is 11.3. The summed E-state index contributed by atoms with van der Waals surface area (Å²) in [6, 6.07) is 4.22. The standard InChI is InChI=1S/C12H16N2O/c1-8-5-9(3-2-4-13)12-10(6-8)7-11(15)14-12/h5-6H,2-4,7,13H2,1H3,(H,14,15). The fourth-order valence-corrected chi connectivity index (χ4v) is 2.09. The van der Waals surface area contributed by atoms with Crippen LogP contribution in [0.25, 0.3) is 0 Å². The molecule has 2 rings (SSSR count). The highest BCUT2D eigenvalue weighted by atomic mass is 16.1. The van der Waals surface area contributed by atoms with Crippen molar-refractivity contribution >= 4 is 11.6 Å². The van der Waals surface area contributed by atoms with E-state index >= 15 is 0 Å². The van der Waals surface area contributed by atoms with Gasteiger partial charge in [0.25, 0.3) is 0 Å². The number of amides is 1. The Labute approximate surface area is 89.7 Å². The molecular formula is C12H16N2O. The fraction of sp³-hybridized carbons (Fsp3) is 0.417. The lowest BCUT2D eigenvalue weighted by Crippen LogP contribution is -2.06. The Morgan fingerprint density at radius 3 is 3.00 bits per heavy atom. The molecule has 0 fully saturated rings. The maximum atomic E-state index is 11.3. The van der Waals surface area contributed by atoms with Crippen molar-refractivity contribution in [2.24, 2.45) is 5.73 Å². The Morgan fingerprint density at radius 2 is 2.27 bits per heavy atom. The Balaban J connectivity index is 2.34. The molecule has 1 heterocycles. The third-order valence-electron chi connectivity index (χ3n) is 2.71. The second-order valence-electron chi connectivity index (χ2n) is 4.08. The Bertz CT molecular complexity index is 399. The van der Waals surface area contributed by atoms with Crippen molar-refractivity contribution in [3.8, 4) is 0 Å². The quantitative estimate of drug-likeness (QED) is 0.781. The number of nitrogens with two attached hydrogens (primary N) is 1. The lowest BCUT2D eigenvalue weighted by atomic mass is 10.0. The molecule has 15 heavy (non-hydrogen) atoms. The normalized spacial score (nSPS) is 13.9. The van der Waals surface area contributed by atoms with Crippen molar-refractivity contribution in [1.82, 2.24) is 0 Å². The zero-order chi connectivity index (χ0) is 10.8. The van der Waals surface area contributed by atoms with Crippen LogP contribution >= 0.6 is 0 Å². The van der Waals surface area contributed by atoms with E-state index in [4.69, 9.17) is 5.73 Å². The van der Waals surface area contributed by atoms with Gasteiger partial charge in [0.1, 0.15) is 0 Å². The van der Waals surface area contributed by atoms with Crippen molar-refractivity contribution < 1.29 is 4.79 Å². The van der Waals surface area contributed by atoms with Crippen LogP contribution in [-0.4, -0.2) is 12.5 Å². The van der Waals surface area contributed by atoms with Crippen LogP contribution in [0.3, 0.4) is 0 Å². The van der Waals surface area contributed by atoms with Crippen molar-refractivity contribution in [3.63, 3.8) is 0 Å². The average molecular weight is 204 g/mol. The Hall–Kier alpha value is -1.35. The van der Waals surface area contributed by atoms with Gasteiger partial charge in [-0.25, -0.2) is 0 Å². The van der Waals surface area contributed by atoms with Crippen LogP contribution in [0.4, 0.5) is 5.69 Å². The molecule has 80 valence electrons. The molecule has 0 unspecified atom stereocenters. The molecule has 0 bridgehead atoms. The van der Waals surface area contributed by atoms with Crippen molar-refractivity contribution in [3.05, 3.63) is 28.8 Å². The van der Waals surface area contributed by atoms with Gasteiger partial charge in [-0.3, -0.25) is 4.79 Å². The van der Waals surface area contributed by atoms with E-state index in [0.29, 0.717) is 13.0 Å². The minimum absolute atomic E-state index is 0.101. The van der Waals surface area contributed by atoms with Crippen LogP contribution in [0.1, 0.15) is 23.1 Å². The van der Waals surface area contributed by atoms with Gasteiger partial charge < -0.3 is 11.1 Å². The lowest BCUT2D eigenvalue weighted by molar-refractivity contribution is -0.115. The van der Waals surface area contributed by atoms with Crippen LogP contribution in [0.5, 0.6) is 0 Å². The second kappa shape index (κ2) is 4.03. The van der Waals surface area contributed by atoms with Gasteiger partial charge >= 0.3 is 0 Å². The molecular weight excluding hydrogens is 188 g/mol. The number of carbonyl (C=O) groups is 1. The molecule has 3 heteroatoms. The van der Waals surface area contributed by atoms with E-state index in [1.165, 1.54) is 11.1 Å². The summed E-state index contributed by atoms with van der Waals surface area (Å²) in [5.41, 5.74) is 10.1. The van der Waals surface area contributed by atoms with Crippen LogP contribution in [0, 0.1) is 6.92 Å². The molecule has 1 aromatic carbocycles. The molecule has 0 aromatic heterocycles. The molecule has 1 aromatic rings. The van der Waals surface area contributed by atoms with Gasteiger partial charge in [0.2, 0.25) is 5.91 Å².